The number of hydrogen-bond donors (Lipinski definition) is 0. The smallest absolute Gasteiger partial charge is 0.0466 e. The number of unbranched alkanes of at least 4 members (excludes halogenated alkanes) is 7. The maximum absolute atomic E-state index is 5.59. The predicted octanol–water partition coefficient (Wildman–Crippen LogP) is 4.77. The van der Waals surface area contributed by atoms with Crippen LogP contribution in [0.25, 0.3) is 0 Å². The fourth-order valence-electron chi connectivity index (χ4n) is 1.56. The maximum Gasteiger partial charge on any atom is 0.0466 e. The Morgan fingerprint density at radius 2 is 1.27 bits per heavy atom. The minimum atomic E-state index is 0.804. The van der Waals surface area contributed by atoms with Crippen molar-refractivity contribution in [2.75, 3.05) is 19.1 Å². The fourth-order valence-corrected chi connectivity index (χ4v) is 1.75. The number of hydrogen-bond acceptors (Lipinski definition) is 1. The van der Waals surface area contributed by atoms with E-state index in [4.69, 9.17) is 16.3 Å². The minimum Gasteiger partial charge on any atom is -0.381 e. The molecule has 0 aromatic rings. The standard InChI is InChI=1S/C13H27ClO/c1-2-3-4-6-9-12-15-13-10-7-5-8-11-14/h2-13H2,1H3. The van der Waals surface area contributed by atoms with E-state index < -0.39 is 0 Å². The van der Waals surface area contributed by atoms with Crippen LogP contribution in [-0.4, -0.2) is 19.1 Å². The van der Waals surface area contributed by atoms with E-state index in [-0.39, 0.29) is 0 Å². The third kappa shape index (κ3) is 14.2. The van der Waals surface area contributed by atoms with Crippen molar-refractivity contribution < 1.29 is 4.74 Å². The molecule has 2 heteroatoms. The topological polar surface area (TPSA) is 9.23 Å². The zero-order chi connectivity index (χ0) is 11.2. The zero-order valence-corrected chi connectivity index (χ0v) is 11.0. The highest BCUT2D eigenvalue weighted by atomic mass is 35.5. The Balaban J connectivity index is 2.81. The molecule has 92 valence electrons. The molecule has 0 aliphatic heterocycles. The second-order valence-electron chi connectivity index (χ2n) is 4.13. The van der Waals surface area contributed by atoms with Gasteiger partial charge < -0.3 is 4.74 Å². The Kier molecular flexibility index (Phi) is 14.5. The van der Waals surface area contributed by atoms with Crippen LogP contribution in [0.4, 0.5) is 0 Å². The summed E-state index contributed by atoms with van der Waals surface area (Å²) in [5.41, 5.74) is 0. The Hall–Kier alpha value is 0.250. The van der Waals surface area contributed by atoms with E-state index in [1.807, 2.05) is 0 Å². The van der Waals surface area contributed by atoms with Gasteiger partial charge in [0.15, 0.2) is 0 Å². The highest BCUT2D eigenvalue weighted by Gasteiger charge is 1.92. The largest absolute Gasteiger partial charge is 0.381 e. The quantitative estimate of drug-likeness (QED) is 0.349. The SMILES string of the molecule is CCCCCCCOCCCCCCCl. The number of rotatable bonds is 12. The molecular weight excluding hydrogens is 208 g/mol. The van der Waals surface area contributed by atoms with Gasteiger partial charge in [-0.05, 0) is 19.3 Å². The van der Waals surface area contributed by atoms with Gasteiger partial charge >= 0.3 is 0 Å². The molecule has 0 rings (SSSR count). The average Bonchev–Trinajstić information content (AvgIpc) is 2.26. The first kappa shape index (κ1) is 15.2. The first-order valence-corrected chi connectivity index (χ1v) is 7.09. The van der Waals surface area contributed by atoms with Crippen molar-refractivity contribution in [2.24, 2.45) is 0 Å². The van der Waals surface area contributed by atoms with Gasteiger partial charge in [0.1, 0.15) is 0 Å². The molecule has 0 saturated carbocycles. The normalized spacial score (nSPS) is 10.8. The molecule has 15 heavy (non-hydrogen) atoms. The van der Waals surface area contributed by atoms with Crippen LogP contribution < -0.4 is 0 Å². The third-order valence-electron chi connectivity index (χ3n) is 2.56. The van der Waals surface area contributed by atoms with Gasteiger partial charge in [0.2, 0.25) is 0 Å². The van der Waals surface area contributed by atoms with E-state index in [1.165, 1.54) is 51.4 Å². The Morgan fingerprint density at radius 3 is 1.80 bits per heavy atom. The molecule has 0 atom stereocenters. The lowest BCUT2D eigenvalue weighted by Gasteiger charge is -2.03. The zero-order valence-electron chi connectivity index (χ0n) is 10.3. The molecule has 0 amide bonds. The molecule has 0 saturated heterocycles. The van der Waals surface area contributed by atoms with Crippen molar-refractivity contribution >= 4 is 11.6 Å². The van der Waals surface area contributed by atoms with Gasteiger partial charge in [0.25, 0.3) is 0 Å². The van der Waals surface area contributed by atoms with Crippen LogP contribution in [0.15, 0.2) is 0 Å². The van der Waals surface area contributed by atoms with E-state index in [9.17, 15) is 0 Å². The lowest BCUT2D eigenvalue weighted by Crippen LogP contribution is -1.97. The Labute approximate surface area is 101 Å². The van der Waals surface area contributed by atoms with Gasteiger partial charge in [-0.2, -0.15) is 0 Å². The van der Waals surface area contributed by atoms with Crippen LogP contribution >= 0.6 is 11.6 Å². The molecule has 0 aliphatic carbocycles. The van der Waals surface area contributed by atoms with Gasteiger partial charge in [0.05, 0.1) is 0 Å². The molecule has 0 unspecified atom stereocenters. The molecule has 0 radical (unpaired) electrons. The highest BCUT2D eigenvalue weighted by molar-refractivity contribution is 6.17. The van der Waals surface area contributed by atoms with E-state index in [0.717, 1.165) is 25.5 Å². The summed E-state index contributed by atoms with van der Waals surface area (Å²) in [6.45, 7) is 4.15. The molecule has 0 spiro atoms. The van der Waals surface area contributed by atoms with Crippen molar-refractivity contribution in [3.63, 3.8) is 0 Å². The van der Waals surface area contributed by atoms with E-state index in [1.54, 1.807) is 0 Å². The summed E-state index contributed by atoms with van der Waals surface area (Å²) in [6.07, 6.45) is 11.5. The third-order valence-corrected chi connectivity index (χ3v) is 2.83. The second kappa shape index (κ2) is 14.2. The predicted molar refractivity (Wildman–Crippen MR) is 68.8 cm³/mol. The number of ether oxygens (including phenoxy) is 1. The molecule has 0 heterocycles. The fraction of sp³-hybridized carbons (Fsp3) is 1.00. The summed E-state index contributed by atoms with van der Waals surface area (Å²) in [5, 5.41) is 0. The Bertz CT molecular complexity index is 94.7. The van der Waals surface area contributed by atoms with Crippen LogP contribution in [0.1, 0.15) is 64.7 Å². The molecule has 0 aromatic carbocycles. The monoisotopic (exact) mass is 234 g/mol. The van der Waals surface area contributed by atoms with Crippen LogP contribution in [-0.2, 0) is 4.74 Å². The minimum absolute atomic E-state index is 0.804. The van der Waals surface area contributed by atoms with E-state index >= 15 is 0 Å². The van der Waals surface area contributed by atoms with Gasteiger partial charge in [-0.3, -0.25) is 0 Å². The summed E-state index contributed by atoms with van der Waals surface area (Å²) in [4.78, 5) is 0. The molecule has 0 bridgehead atoms. The van der Waals surface area contributed by atoms with Gasteiger partial charge in [0, 0.05) is 19.1 Å². The van der Waals surface area contributed by atoms with Crippen LogP contribution in [0.3, 0.4) is 0 Å². The molecular formula is C13H27ClO. The number of alkyl halides is 1. The lowest BCUT2D eigenvalue weighted by atomic mass is 10.2. The maximum atomic E-state index is 5.59. The van der Waals surface area contributed by atoms with E-state index in [0.29, 0.717) is 0 Å². The molecule has 0 aromatic heterocycles. The van der Waals surface area contributed by atoms with Crippen LogP contribution in [0.2, 0.25) is 0 Å². The van der Waals surface area contributed by atoms with Crippen molar-refractivity contribution in [1.82, 2.24) is 0 Å². The Morgan fingerprint density at radius 1 is 0.733 bits per heavy atom. The first-order chi connectivity index (χ1) is 7.41. The van der Waals surface area contributed by atoms with Crippen molar-refractivity contribution in [2.45, 2.75) is 64.7 Å². The summed E-state index contributed by atoms with van der Waals surface area (Å²) in [6, 6.07) is 0. The average molecular weight is 235 g/mol. The summed E-state index contributed by atoms with van der Waals surface area (Å²) < 4.78 is 5.56. The molecule has 1 nitrogen and oxygen atoms in total. The summed E-state index contributed by atoms with van der Waals surface area (Å²) >= 11 is 5.59. The first-order valence-electron chi connectivity index (χ1n) is 6.55. The van der Waals surface area contributed by atoms with Crippen molar-refractivity contribution in [1.29, 1.82) is 0 Å². The molecule has 0 N–H and O–H groups in total. The highest BCUT2D eigenvalue weighted by Crippen LogP contribution is 2.04. The molecule has 0 aliphatic rings. The van der Waals surface area contributed by atoms with E-state index in [2.05, 4.69) is 6.92 Å². The number of halogens is 1. The molecule has 0 fully saturated rings. The van der Waals surface area contributed by atoms with Crippen molar-refractivity contribution in [3.05, 3.63) is 0 Å². The summed E-state index contributed by atoms with van der Waals surface area (Å²) in [5.74, 6) is 0.804. The van der Waals surface area contributed by atoms with Gasteiger partial charge in [-0.25, -0.2) is 0 Å². The summed E-state index contributed by atoms with van der Waals surface area (Å²) in [7, 11) is 0. The second-order valence-corrected chi connectivity index (χ2v) is 4.51. The van der Waals surface area contributed by atoms with Crippen LogP contribution in [0.5, 0.6) is 0 Å². The van der Waals surface area contributed by atoms with Crippen molar-refractivity contribution in [3.8, 4) is 0 Å². The van der Waals surface area contributed by atoms with Crippen LogP contribution in [0, 0.1) is 0 Å². The lowest BCUT2D eigenvalue weighted by molar-refractivity contribution is 0.126. The van der Waals surface area contributed by atoms with Gasteiger partial charge in [-0.1, -0.05) is 45.4 Å². The van der Waals surface area contributed by atoms with Gasteiger partial charge in [-0.15, -0.1) is 11.6 Å².